The van der Waals surface area contributed by atoms with E-state index in [1.807, 2.05) is 6.07 Å². The number of fused-ring (bicyclic) bond motifs is 1. The molecule has 1 aliphatic carbocycles. The zero-order valence-electron chi connectivity index (χ0n) is 21.1. The monoisotopic (exact) mass is 515 g/mol. The Hall–Kier alpha value is -4.05. The van der Waals surface area contributed by atoms with E-state index in [1.54, 1.807) is 28.9 Å². The smallest absolute Gasteiger partial charge is 0.254 e. The molecule has 0 radical (unpaired) electrons. The van der Waals surface area contributed by atoms with Crippen LogP contribution < -0.4 is 16.0 Å². The summed E-state index contributed by atoms with van der Waals surface area (Å²) in [5.74, 6) is -0.450. The number of likely N-dealkylation sites (tertiary alicyclic amines) is 1. The van der Waals surface area contributed by atoms with E-state index < -0.39 is 11.7 Å². The summed E-state index contributed by atoms with van der Waals surface area (Å²) < 4.78 is 16.4. The molecule has 3 fully saturated rings. The van der Waals surface area contributed by atoms with Gasteiger partial charge in [-0.05, 0) is 63.0 Å². The molecule has 2 aromatic heterocycles. The number of hydrogen-bond acceptors (Lipinski definition) is 6. The number of halogens is 1. The summed E-state index contributed by atoms with van der Waals surface area (Å²) in [5.41, 5.74) is 3.66. The Labute approximate surface area is 219 Å². The van der Waals surface area contributed by atoms with Crippen molar-refractivity contribution in [3.8, 4) is 11.3 Å². The average Bonchev–Trinajstić information content (AvgIpc) is 3.24. The number of allylic oxidation sites excluding steroid dienone is 1. The Bertz CT molecular complexity index is 1470. The first-order chi connectivity index (χ1) is 18.4. The molecule has 0 spiro atoms. The van der Waals surface area contributed by atoms with Crippen LogP contribution in [-0.4, -0.2) is 63.5 Å². The number of nitrogens with zero attached hydrogens (tertiary/aromatic N) is 4. The quantitative estimate of drug-likeness (QED) is 0.398. The predicted octanol–water partition coefficient (Wildman–Crippen LogP) is 3.35. The maximum atomic E-state index is 14.7. The summed E-state index contributed by atoms with van der Waals surface area (Å²) in [5, 5.41) is 13.6. The minimum Gasteiger partial charge on any atom is -0.367 e. The molecule has 9 nitrogen and oxygen atoms in total. The Morgan fingerprint density at radius 3 is 2.79 bits per heavy atom. The van der Waals surface area contributed by atoms with Crippen molar-refractivity contribution in [2.24, 2.45) is 0 Å². The average molecular weight is 516 g/mol. The molecule has 38 heavy (non-hydrogen) atoms. The lowest BCUT2D eigenvalue weighted by atomic mass is 10.1. The maximum Gasteiger partial charge on any atom is 0.254 e. The van der Waals surface area contributed by atoms with Crippen LogP contribution in [0.2, 0.25) is 0 Å². The van der Waals surface area contributed by atoms with Crippen LogP contribution in [0.25, 0.3) is 23.0 Å². The number of carbonyl (C=O) groups is 2. The number of carbonyl (C=O) groups excluding carboxylic acids is 2. The SMILES string of the molecule is C=C1C/C(=C\c2cnn3c(NC4CC4)cc(-c4ccc(F)c(C(=O)NCCN5CCCC5)c4)nc23)C(=O)N1. The van der Waals surface area contributed by atoms with Gasteiger partial charge in [-0.2, -0.15) is 9.61 Å². The maximum absolute atomic E-state index is 14.7. The van der Waals surface area contributed by atoms with E-state index in [9.17, 15) is 14.0 Å². The van der Waals surface area contributed by atoms with Crippen LogP contribution in [0, 0.1) is 5.82 Å². The lowest BCUT2D eigenvalue weighted by molar-refractivity contribution is -0.115. The molecule has 0 unspecified atom stereocenters. The predicted molar refractivity (Wildman–Crippen MR) is 143 cm³/mol. The molecule has 2 aliphatic heterocycles. The van der Waals surface area contributed by atoms with Crippen LogP contribution in [0.3, 0.4) is 0 Å². The summed E-state index contributed by atoms with van der Waals surface area (Å²) in [6, 6.07) is 6.69. The molecule has 10 heteroatoms. The van der Waals surface area contributed by atoms with Crippen LogP contribution in [0.5, 0.6) is 0 Å². The van der Waals surface area contributed by atoms with Crippen LogP contribution in [0.4, 0.5) is 10.2 Å². The molecule has 4 heterocycles. The molecule has 1 aromatic carbocycles. The van der Waals surface area contributed by atoms with Crippen molar-refractivity contribution in [1.82, 2.24) is 30.1 Å². The topological polar surface area (TPSA) is 104 Å². The van der Waals surface area contributed by atoms with Gasteiger partial charge in [0.2, 0.25) is 0 Å². The van der Waals surface area contributed by atoms with Gasteiger partial charge in [0.1, 0.15) is 11.6 Å². The number of rotatable bonds is 8. The van der Waals surface area contributed by atoms with E-state index in [1.165, 1.54) is 18.9 Å². The molecular formula is C28H30FN7O2. The van der Waals surface area contributed by atoms with E-state index in [2.05, 4.69) is 32.5 Å². The highest BCUT2D eigenvalue weighted by molar-refractivity contribution is 6.02. The van der Waals surface area contributed by atoms with Gasteiger partial charge in [-0.25, -0.2) is 9.37 Å². The molecule has 1 saturated carbocycles. The molecule has 0 bridgehead atoms. The van der Waals surface area contributed by atoms with E-state index in [4.69, 9.17) is 4.98 Å². The second kappa shape index (κ2) is 10.0. The lowest BCUT2D eigenvalue weighted by Crippen LogP contribution is -2.33. The zero-order valence-corrected chi connectivity index (χ0v) is 21.1. The number of amides is 2. The molecule has 3 aromatic rings. The van der Waals surface area contributed by atoms with Crippen LogP contribution in [0.1, 0.15) is 48.0 Å². The van der Waals surface area contributed by atoms with Gasteiger partial charge in [0.15, 0.2) is 5.65 Å². The fraction of sp³-hybridized carbons (Fsp3) is 0.357. The third kappa shape index (κ3) is 5.04. The van der Waals surface area contributed by atoms with Crippen LogP contribution >= 0.6 is 0 Å². The molecule has 2 saturated heterocycles. The highest BCUT2D eigenvalue weighted by Crippen LogP contribution is 2.30. The van der Waals surface area contributed by atoms with Gasteiger partial charge in [0.25, 0.3) is 11.8 Å². The number of benzene rings is 1. The first-order valence-electron chi connectivity index (χ1n) is 13.1. The van der Waals surface area contributed by atoms with Crippen molar-refractivity contribution < 1.29 is 14.0 Å². The molecule has 3 N–H and O–H groups in total. The fourth-order valence-electron chi connectivity index (χ4n) is 4.96. The first-order valence-corrected chi connectivity index (χ1v) is 13.1. The van der Waals surface area contributed by atoms with Gasteiger partial charge in [0.05, 0.1) is 17.5 Å². The minimum atomic E-state index is -0.577. The molecule has 2 amide bonds. The van der Waals surface area contributed by atoms with Crippen LogP contribution in [0.15, 0.2) is 48.3 Å². The van der Waals surface area contributed by atoms with Gasteiger partial charge in [-0.15, -0.1) is 0 Å². The molecular weight excluding hydrogens is 485 g/mol. The van der Waals surface area contributed by atoms with Gasteiger partial charge in [-0.3, -0.25) is 9.59 Å². The van der Waals surface area contributed by atoms with E-state index in [-0.39, 0.29) is 11.5 Å². The summed E-state index contributed by atoms with van der Waals surface area (Å²) in [4.78, 5) is 32.2. The molecule has 196 valence electrons. The first kappa shape index (κ1) is 24.3. The van der Waals surface area contributed by atoms with Crippen molar-refractivity contribution >= 4 is 29.4 Å². The third-order valence-electron chi connectivity index (χ3n) is 7.16. The summed E-state index contributed by atoms with van der Waals surface area (Å²) in [7, 11) is 0. The minimum absolute atomic E-state index is 0.0146. The Balaban J connectivity index is 1.32. The highest BCUT2D eigenvalue weighted by Gasteiger charge is 2.25. The summed E-state index contributed by atoms with van der Waals surface area (Å²) in [6.45, 7) is 7.14. The summed E-state index contributed by atoms with van der Waals surface area (Å²) in [6.07, 6.45) is 8.38. The fourth-order valence-corrected chi connectivity index (χ4v) is 4.96. The molecule has 6 rings (SSSR count). The normalized spacial score (nSPS) is 18.9. The number of aromatic nitrogens is 3. The zero-order chi connectivity index (χ0) is 26.2. The lowest BCUT2D eigenvalue weighted by Gasteiger charge is -2.15. The van der Waals surface area contributed by atoms with Crippen LogP contribution in [-0.2, 0) is 4.79 Å². The van der Waals surface area contributed by atoms with Crippen molar-refractivity contribution in [1.29, 1.82) is 0 Å². The second-order valence-electron chi connectivity index (χ2n) is 10.2. The van der Waals surface area contributed by atoms with Gasteiger partial charge in [0, 0.05) is 54.0 Å². The summed E-state index contributed by atoms with van der Waals surface area (Å²) >= 11 is 0. The number of anilines is 1. The molecule has 3 aliphatic rings. The van der Waals surface area contributed by atoms with E-state index in [0.717, 1.165) is 38.3 Å². The van der Waals surface area contributed by atoms with Crippen molar-refractivity contribution in [3.63, 3.8) is 0 Å². The Morgan fingerprint density at radius 1 is 1.24 bits per heavy atom. The largest absolute Gasteiger partial charge is 0.367 e. The van der Waals surface area contributed by atoms with E-state index in [0.29, 0.717) is 52.7 Å². The third-order valence-corrected chi connectivity index (χ3v) is 7.16. The second-order valence-corrected chi connectivity index (χ2v) is 10.2. The van der Waals surface area contributed by atoms with E-state index >= 15 is 0 Å². The number of nitrogens with one attached hydrogen (secondary N) is 3. The standard InChI is InChI=1S/C28H30FN7O2/c1-17-12-19(27(37)32-17)13-20-16-31-36-25(33-21-5-6-21)15-24(34-26(20)36)18-4-7-23(29)22(14-18)28(38)30-8-11-35-9-2-3-10-35/h4,7,13-16,21,33H,1-3,5-6,8-12H2,(H,30,38)(H,32,37)/b19-13+. The highest BCUT2D eigenvalue weighted by atomic mass is 19.1. The Morgan fingerprint density at radius 2 is 2.05 bits per heavy atom. The van der Waals surface area contributed by atoms with Gasteiger partial charge >= 0.3 is 0 Å². The van der Waals surface area contributed by atoms with Crippen molar-refractivity contribution in [2.75, 3.05) is 31.5 Å². The van der Waals surface area contributed by atoms with Crippen molar-refractivity contribution in [3.05, 3.63) is 65.3 Å². The number of hydrogen-bond donors (Lipinski definition) is 3. The van der Waals surface area contributed by atoms with Crippen molar-refractivity contribution in [2.45, 2.75) is 38.1 Å². The van der Waals surface area contributed by atoms with Gasteiger partial charge in [-0.1, -0.05) is 6.58 Å². The Kier molecular flexibility index (Phi) is 6.40. The molecule has 0 atom stereocenters. The van der Waals surface area contributed by atoms with Gasteiger partial charge < -0.3 is 20.9 Å².